The summed E-state index contributed by atoms with van der Waals surface area (Å²) in [5.41, 5.74) is 6.74. The van der Waals surface area contributed by atoms with E-state index in [-0.39, 0.29) is 12.5 Å². The van der Waals surface area contributed by atoms with Crippen molar-refractivity contribution in [2.24, 2.45) is 17.6 Å². The lowest BCUT2D eigenvalue weighted by Gasteiger charge is -2.42. The van der Waals surface area contributed by atoms with E-state index in [0.29, 0.717) is 17.4 Å². The summed E-state index contributed by atoms with van der Waals surface area (Å²) < 4.78 is 11.7. The Morgan fingerprint density at radius 2 is 2.04 bits per heavy atom. The number of aliphatic carboxylic acids is 1. The average Bonchev–Trinajstić information content (AvgIpc) is 2.55. The van der Waals surface area contributed by atoms with Crippen LogP contribution in [0.25, 0.3) is 0 Å². The van der Waals surface area contributed by atoms with Crippen LogP contribution in [0.15, 0.2) is 18.2 Å². The summed E-state index contributed by atoms with van der Waals surface area (Å²) in [6.45, 7) is 0. The molecular formula is C18H25NO4. The van der Waals surface area contributed by atoms with Gasteiger partial charge in [0.05, 0.1) is 13.5 Å². The maximum atomic E-state index is 10.9. The number of nitrogens with two attached hydrogens (primary N) is 1. The summed E-state index contributed by atoms with van der Waals surface area (Å²) in [5, 5.41) is 8.91. The van der Waals surface area contributed by atoms with E-state index in [1.165, 1.54) is 25.7 Å². The molecule has 0 radical (unpaired) electrons. The molecule has 0 aromatic heterocycles. The molecule has 0 amide bonds. The molecule has 2 atom stereocenters. The first-order valence-corrected chi connectivity index (χ1v) is 8.38. The molecule has 0 saturated heterocycles. The van der Waals surface area contributed by atoms with Gasteiger partial charge >= 0.3 is 5.97 Å². The lowest BCUT2D eigenvalue weighted by molar-refractivity contribution is -0.137. The Labute approximate surface area is 136 Å². The number of benzene rings is 1. The Morgan fingerprint density at radius 3 is 2.61 bits per heavy atom. The first kappa shape index (κ1) is 16.1. The molecule has 0 aliphatic heterocycles. The molecule has 0 spiro atoms. The Hall–Kier alpha value is -1.75. The molecular weight excluding hydrogens is 294 g/mol. The van der Waals surface area contributed by atoms with Crippen molar-refractivity contribution in [3.63, 3.8) is 0 Å². The van der Waals surface area contributed by atoms with Gasteiger partial charge in [-0.2, -0.15) is 0 Å². The lowest BCUT2D eigenvalue weighted by atomic mass is 9.69. The molecule has 1 aromatic carbocycles. The highest BCUT2D eigenvalue weighted by Crippen LogP contribution is 2.44. The normalized spacial score (nSPS) is 27.5. The predicted octanol–water partition coefficient (Wildman–Crippen LogP) is 3.13. The van der Waals surface area contributed by atoms with Crippen LogP contribution < -0.4 is 15.2 Å². The summed E-state index contributed by atoms with van der Waals surface area (Å²) in [7, 11) is 1.62. The SMILES string of the molecule is COc1ccc(C(N)CC(=O)O)cc1OC1CC2CCC1CC2. The Balaban J connectivity index is 1.78. The third kappa shape index (κ3) is 3.61. The Morgan fingerprint density at radius 1 is 1.30 bits per heavy atom. The largest absolute Gasteiger partial charge is 0.493 e. The van der Waals surface area contributed by atoms with Gasteiger partial charge in [-0.1, -0.05) is 6.07 Å². The zero-order valence-electron chi connectivity index (χ0n) is 13.5. The van der Waals surface area contributed by atoms with Gasteiger partial charge in [0.2, 0.25) is 0 Å². The first-order chi connectivity index (χ1) is 11.1. The van der Waals surface area contributed by atoms with Crippen LogP contribution >= 0.6 is 0 Å². The van der Waals surface area contributed by atoms with E-state index in [1.54, 1.807) is 7.11 Å². The van der Waals surface area contributed by atoms with Crippen molar-refractivity contribution in [3.05, 3.63) is 23.8 Å². The fourth-order valence-corrected chi connectivity index (χ4v) is 3.95. The molecule has 0 heterocycles. The van der Waals surface area contributed by atoms with Crippen molar-refractivity contribution in [2.75, 3.05) is 7.11 Å². The molecule has 3 aliphatic rings. The maximum absolute atomic E-state index is 10.9. The molecule has 3 fully saturated rings. The fourth-order valence-electron chi connectivity index (χ4n) is 3.95. The van der Waals surface area contributed by atoms with Gasteiger partial charge in [-0.05, 0) is 61.6 Å². The Bertz CT molecular complexity index is 566. The molecule has 3 N–H and O–H groups in total. The molecule has 4 rings (SSSR count). The number of methoxy groups -OCH3 is 1. The highest BCUT2D eigenvalue weighted by Gasteiger charge is 2.37. The van der Waals surface area contributed by atoms with Crippen molar-refractivity contribution in [1.29, 1.82) is 0 Å². The highest BCUT2D eigenvalue weighted by molar-refractivity contribution is 5.68. The monoisotopic (exact) mass is 319 g/mol. The van der Waals surface area contributed by atoms with E-state index in [1.807, 2.05) is 18.2 Å². The van der Waals surface area contributed by atoms with Crippen LogP contribution in [0.2, 0.25) is 0 Å². The number of ether oxygens (including phenoxy) is 2. The van der Waals surface area contributed by atoms with E-state index in [0.717, 1.165) is 17.9 Å². The topological polar surface area (TPSA) is 81.8 Å². The lowest BCUT2D eigenvalue weighted by Crippen LogP contribution is -2.39. The minimum absolute atomic E-state index is 0.0973. The summed E-state index contributed by atoms with van der Waals surface area (Å²) in [6, 6.07) is 4.93. The van der Waals surface area contributed by atoms with E-state index in [4.69, 9.17) is 20.3 Å². The van der Waals surface area contributed by atoms with Gasteiger partial charge in [0, 0.05) is 6.04 Å². The number of carboxylic acid groups (broad SMARTS) is 1. The van der Waals surface area contributed by atoms with Crippen LogP contribution in [0.1, 0.15) is 50.1 Å². The second-order valence-electron chi connectivity index (χ2n) is 6.79. The minimum atomic E-state index is -0.902. The quantitative estimate of drug-likeness (QED) is 0.842. The average molecular weight is 319 g/mol. The zero-order valence-corrected chi connectivity index (χ0v) is 13.5. The molecule has 5 nitrogen and oxygen atoms in total. The van der Waals surface area contributed by atoms with E-state index < -0.39 is 12.0 Å². The maximum Gasteiger partial charge on any atom is 0.305 e. The minimum Gasteiger partial charge on any atom is -0.493 e. The highest BCUT2D eigenvalue weighted by atomic mass is 16.5. The van der Waals surface area contributed by atoms with Gasteiger partial charge in [0.15, 0.2) is 11.5 Å². The van der Waals surface area contributed by atoms with Crippen LogP contribution in [0, 0.1) is 11.8 Å². The summed E-state index contributed by atoms with van der Waals surface area (Å²) >= 11 is 0. The fraction of sp³-hybridized carbons (Fsp3) is 0.611. The number of hydrogen-bond acceptors (Lipinski definition) is 4. The number of fused-ring (bicyclic) bond motifs is 3. The number of carboxylic acids is 1. The Kier molecular flexibility index (Phi) is 4.76. The van der Waals surface area contributed by atoms with E-state index in [9.17, 15) is 4.79 Å². The van der Waals surface area contributed by atoms with Crippen LogP contribution in [-0.4, -0.2) is 24.3 Å². The number of carbonyl (C=O) groups is 1. The second-order valence-corrected chi connectivity index (χ2v) is 6.79. The van der Waals surface area contributed by atoms with Crippen LogP contribution in [0.5, 0.6) is 11.5 Å². The van der Waals surface area contributed by atoms with Crippen molar-refractivity contribution >= 4 is 5.97 Å². The van der Waals surface area contributed by atoms with Crippen LogP contribution in [0.4, 0.5) is 0 Å². The van der Waals surface area contributed by atoms with Gasteiger partial charge in [-0.15, -0.1) is 0 Å². The van der Waals surface area contributed by atoms with E-state index in [2.05, 4.69) is 0 Å². The van der Waals surface area contributed by atoms with Crippen molar-refractivity contribution in [2.45, 2.75) is 50.7 Å². The molecule has 126 valence electrons. The molecule has 23 heavy (non-hydrogen) atoms. The second kappa shape index (κ2) is 6.79. The number of hydrogen-bond donors (Lipinski definition) is 2. The predicted molar refractivity (Wildman–Crippen MR) is 86.7 cm³/mol. The smallest absolute Gasteiger partial charge is 0.305 e. The van der Waals surface area contributed by atoms with Crippen molar-refractivity contribution < 1.29 is 19.4 Å². The number of rotatable bonds is 6. The third-order valence-electron chi connectivity index (χ3n) is 5.27. The van der Waals surface area contributed by atoms with Gasteiger partial charge in [0.25, 0.3) is 0 Å². The standard InChI is InChI=1S/C18H25NO4/c1-22-15-7-6-13(14(19)10-18(20)21)9-17(15)23-16-8-11-2-4-12(16)5-3-11/h6-7,9,11-12,14,16H,2-5,8,10,19H2,1H3,(H,20,21). The first-order valence-electron chi connectivity index (χ1n) is 8.38. The van der Waals surface area contributed by atoms with Crippen LogP contribution in [-0.2, 0) is 4.79 Å². The van der Waals surface area contributed by atoms with E-state index >= 15 is 0 Å². The summed E-state index contributed by atoms with van der Waals surface area (Å²) in [4.78, 5) is 10.9. The summed E-state index contributed by atoms with van der Waals surface area (Å²) in [5.74, 6) is 1.87. The molecule has 2 bridgehead atoms. The molecule has 5 heteroatoms. The van der Waals surface area contributed by atoms with Crippen molar-refractivity contribution in [1.82, 2.24) is 0 Å². The van der Waals surface area contributed by atoms with Crippen LogP contribution in [0.3, 0.4) is 0 Å². The molecule has 2 unspecified atom stereocenters. The van der Waals surface area contributed by atoms with Crippen molar-refractivity contribution in [3.8, 4) is 11.5 Å². The molecule has 3 saturated carbocycles. The summed E-state index contributed by atoms with van der Waals surface area (Å²) in [6.07, 6.45) is 6.39. The zero-order chi connectivity index (χ0) is 16.4. The molecule has 1 aromatic rings. The van der Waals surface area contributed by atoms with Gasteiger partial charge in [-0.25, -0.2) is 0 Å². The van der Waals surface area contributed by atoms with Gasteiger partial charge in [0.1, 0.15) is 6.10 Å². The van der Waals surface area contributed by atoms with Gasteiger partial charge in [-0.3, -0.25) is 4.79 Å². The molecule has 3 aliphatic carbocycles. The third-order valence-corrected chi connectivity index (χ3v) is 5.27. The van der Waals surface area contributed by atoms with Gasteiger partial charge < -0.3 is 20.3 Å².